The van der Waals surface area contributed by atoms with Crippen molar-refractivity contribution in [1.82, 2.24) is 10.2 Å². The SMILES string of the molecule is CNC(=O)C(C)N1CCCCCC1CO. The molecular formula is C11H22N2O2. The van der Waals surface area contributed by atoms with E-state index in [1.165, 1.54) is 6.42 Å². The summed E-state index contributed by atoms with van der Waals surface area (Å²) in [5, 5.41) is 12.0. The van der Waals surface area contributed by atoms with Crippen LogP contribution in [0.3, 0.4) is 0 Å². The van der Waals surface area contributed by atoms with Gasteiger partial charge >= 0.3 is 0 Å². The molecule has 0 saturated carbocycles. The van der Waals surface area contributed by atoms with E-state index in [-0.39, 0.29) is 24.6 Å². The van der Waals surface area contributed by atoms with Gasteiger partial charge in [-0.1, -0.05) is 12.8 Å². The lowest BCUT2D eigenvalue weighted by Crippen LogP contribution is -2.50. The zero-order valence-corrected chi connectivity index (χ0v) is 9.70. The third kappa shape index (κ3) is 3.18. The minimum atomic E-state index is -0.134. The molecule has 1 heterocycles. The van der Waals surface area contributed by atoms with Gasteiger partial charge in [-0.2, -0.15) is 0 Å². The number of amides is 1. The van der Waals surface area contributed by atoms with Gasteiger partial charge in [0.15, 0.2) is 0 Å². The van der Waals surface area contributed by atoms with E-state index in [9.17, 15) is 9.90 Å². The summed E-state index contributed by atoms with van der Waals surface area (Å²) in [5.74, 6) is 0.0374. The molecule has 0 aliphatic carbocycles. The first-order chi connectivity index (χ1) is 7.20. The highest BCUT2D eigenvalue weighted by atomic mass is 16.3. The molecule has 15 heavy (non-hydrogen) atoms. The Morgan fingerprint density at radius 2 is 2.27 bits per heavy atom. The Morgan fingerprint density at radius 1 is 1.53 bits per heavy atom. The molecule has 1 amide bonds. The summed E-state index contributed by atoms with van der Waals surface area (Å²) >= 11 is 0. The first-order valence-corrected chi connectivity index (χ1v) is 5.79. The molecule has 1 fully saturated rings. The van der Waals surface area contributed by atoms with E-state index in [4.69, 9.17) is 0 Å². The molecule has 0 aromatic carbocycles. The number of aliphatic hydroxyl groups excluding tert-OH is 1. The second-order valence-corrected chi connectivity index (χ2v) is 4.21. The van der Waals surface area contributed by atoms with Gasteiger partial charge in [0.2, 0.25) is 5.91 Å². The Hall–Kier alpha value is -0.610. The number of carbonyl (C=O) groups excluding carboxylic acids is 1. The van der Waals surface area contributed by atoms with Crippen LogP contribution in [0.25, 0.3) is 0 Å². The van der Waals surface area contributed by atoms with Crippen LogP contribution in [-0.4, -0.2) is 48.2 Å². The Bertz CT molecular complexity index is 209. The zero-order valence-electron chi connectivity index (χ0n) is 9.70. The number of carbonyl (C=O) groups is 1. The van der Waals surface area contributed by atoms with Crippen LogP contribution in [0.15, 0.2) is 0 Å². The highest BCUT2D eigenvalue weighted by molar-refractivity contribution is 5.81. The Labute approximate surface area is 91.6 Å². The maximum Gasteiger partial charge on any atom is 0.236 e. The number of aliphatic hydroxyl groups is 1. The summed E-state index contributed by atoms with van der Waals surface area (Å²) < 4.78 is 0. The van der Waals surface area contributed by atoms with Gasteiger partial charge in [0, 0.05) is 13.1 Å². The molecule has 88 valence electrons. The van der Waals surface area contributed by atoms with Crippen LogP contribution in [0.5, 0.6) is 0 Å². The van der Waals surface area contributed by atoms with Crippen molar-refractivity contribution in [2.45, 2.75) is 44.7 Å². The second-order valence-electron chi connectivity index (χ2n) is 4.21. The lowest BCUT2D eigenvalue weighted by atomic mass is 10.1. The number of nitrogens with zero attached hydrogens (tertiary/aromatic N) is 1. The molecule has 0 aromatic heterocycles. The van der Waals surface area contributed by atoms with Gasteiger partial charge in [0.25, 0.3) is 0 Å². The first-order valence-electron chi connectivity index (χ1n) is 5.79. The minimum Gasteiger partial charge on any atom is -0.395 e. The van der Waals surface area contributed by atoms with Crippen molar-refractivity contribution in [3.63, 3.8) is 0 Å². The number of hydrogen-bond acceptors (Lipinski definition) is 3. The largest absolute Gasteiger partial charge is 0.395 e. The van der Waals surface area contributed by atoms with Gasteiger partial charge in [-0.15, -0.1) is 0 Å². The van der Waals surface area contributed by atoms with Crippen LogP contribution in [0, 0.1) is 0 Å². The van der Waals surface area contributed by atoms with Crippen molar-refractivity contribution >= 4 is 5.91 Å². The molecule has 4 nitrogen and oxygen atoms in total. The quantitative estimate of drug-likeness (QED) is 0.713. The molecule has 1 rings (SSSR count). The molecule has 2 N–H and O–H groups in total. The summed E-state index contributed by atoms with van der Waals surface area (Å²) in [6.07, 6.45) is 4.48. The average molecular weight is 214 g/mol. The summed E-state index contributed by atoms with van der Waals surface area (Å²) in [6.45, 7) is 2.98. The molecule has 2 atom stereocenters. The second kappa shape index (κ2) is 6.08. The fraction of sp³-hybridized carbons (Fsp3) is 0.909. The van der Waals surface area contributed by atoms with Gasteiger partial charge in [0.05, 0.1) is 12.6 Å². The van der Waals surface area contributed by atoms with E-state index in [0.717, 1.165) is 25.8 Å². The maximum atomic E-state index is 11.6. The minimum absolute atomic E-state index is 0.0374. The smallest absolute Gasteiger partial charge is 0.236 e. The third-order valence-corrected chi connectivity index (χ3v) is 3.26. The van der Waals surface area contributed by atoms with Crippen LogP contribution in [0.1, 0.15) is 32.6 Å². The third-order valence-electron chi connectivity index (χ3n) is 3.26. The van der Waals surface area contributed by atoms with Gasteiger partial charge in [-0.25, -0.2) is 0 Å². The molecule has 0 bridgehead atoms. The number of rotatable bonds is 3. The predicted octanol–water partition coefficient (Wildman–Crippen LogP) is 0.358. The molecule has 0 radical (unpaired) electrons. The first kappa shape index (κ1) is 12.5. The fourth-order valence-electron chi connectivity index (χ4n) is 2.27. The zero-order chi connectivity index (χ0) is 11.3. The topological polar surface area (TPSA) is 52.6 Å². The van der Waals surface area contributed by atoms with Crippen molar-refractivity contribution in [1.29, 1.82) is 0 Å². The van der Waals surface area contributed by atoms with E-state index in [1.807, 2.05) is 6.92 Å². The van der Waals surface area contributed by atoms with Crippen LogP contribution in [0.4, 0.5) is 0 Å². The molecule has 4 heteroatoms. The maximum absolute atomic E-state index is 11.6. The van der Waals surface area contributed by atoms with Crippen LogP contribution >= 0.6 is 0 Å². The van der Waals surface area contributed by atoms with E-state index in [2.05, 4.69) is 10.2 Å². The Kier molecular flexibility index (Phi) is 5.05. The molecule has 0 spiro atoms. The molecular weight excluding hydrogens is 192 g/mol. The molecule has 1 aliphatic heterocycles. The summed E-state index contributed by atoms with van der Waals surface area (Å²) in [4.78, 5) is 13.7. The van der Waals surface area contributed by atoms with E-state index < -0.39 is 0 Å². The Balaban J connectivity index is 2.65. The number of likely N-dealkylation sites (N-methyl/N-ethyl adjacent to an activating group) is 1. The van der Waals surface area contributed by atoms with E-state index in [0.29, 0.717) is 0 Å². The van der Waals surface area contributed by atoms with Crippen LogP contribution < -0.4 is 5.32 Å². The normalized spacial score (nSPS) is 25.7. The predicted molar refractivity (Wildman–Crippen MR) is 59.6 cm³/mol. The standard InChI is InChI=1S/C11H22N2O2/c1-9(11(15)12-2)13-7-5-3-4-6-10(13)8-14/h9-10,14H,3-8H2,1-2H3,(H,12,15). The lowest BCUT2D eigenvalue weighted by Gasteiger charge is -2.32. The average Bonchev–Trinajstić information content (AvgIpc) is 2.51. The molecule has 0 aromatic rings. The Morgan fingerprint density at radius 3 is 2.87 bits per heavy atom. The molecule has 2 unspecified atom stereocenters. The van der Waals surface area contributed by atoms with Gasteiger partial charge in [0.1, 0.15) is 0 Å². The monoisotopic (exact) mass is 214 g/mol. The number of hydrogen-bond donors (Lipinski definition) is 2. The summed E-state index contributed by atoms with van der Waals surface area (Å²) in [5.41, 5.74) is 0. The number of likely N-dealkylation sites (tertiary alicyclic amines) is 1. The van der Waals surface area contributed by atoms with E-state index in [1.54, 1.807) is 7.05 Å². The highest BCUT2D eigenvalue weighted by Crippen LogP contribution is 2.18. The van der Waals surface area contributed by atoms with Crippen molar-refractivity contribution in [3.05, 3.63) is 0 Å². The fourth-order valence-corrected chi connectivity index (χ4v) is 2.27. The number of nitrogens with one attached hydrogen (secondary N) is 1. The van der Waals surface area contributed by atoms with Gasteiger partial charge in [-0.3, -0.25) is 9.69 Å². The van der Waals surface area contributed by atoms with Crippen molar-refractivity contribution in [2.24, 2.45) is 0 Å². The van der Waals surface area contributed by atoms with Crippen molar-refractivity contribution in [3.8, 4) is 0 Å². The molecule has 1 aliphatic rings. The van der Waals surface area contributed by atoms with Crippen LogP contribution in [0.2, 0.25) is 0 Å². The van der Waals surface area contributed by atoms with Crippen molar-refractivity contribution < 1.29 is 9.90 Å². The van der Waals surface area contributed by atoms with E-state index >= 15 is 0 Å². The highest BCUT2D eigenvalue weighted by Gasteiger charge is 2.27. The van der Waals surface area contributed by atoms with Crippen LogP contribution in [-0.2, 0) is 4.79 Å². The van der Waals surface area contributed by atoms with Gasteiger partial charge < -0.3 is 10.4 Å². The molecule has 1 saturated heterocycles. The lowest BCUT2D eigenvalue weighted by molar-refractivity contribution is -0.126. The van der Waals surface area contributed by atoms with Gasteiger partial charge in [-0.05, 0) is 26.3 Å². The summed E-state index contributed by atoms with van der Waals surface area (Å²) in [6, 6.07) is 0.0186. The van der Waals surface area contributed by atoms with Crippen molar-refractivity contribution in [2.75, 3.05) is 20.2 Å². The summed E-state index contributed by atoms with van der Waals surface area (Å²) in [7, 11) is 1.66.